The fourth-order valence-corrected chi connectivity index (χ4v) is 3.03. The van der Waals surface area contributed by atoms with E-state index in [1.807, 2.05) is 12.1 Å². The largest absolute Gasteiger partial charge is 0.326 e. The van der Waals surface area contributed by atoms with Crippen molar-refractivity contribution in [2.45, 2.75) is 32.9 Å². The number of rotatable bonds is 3. The maximum Gasteiger partial charge on any atom is 0.0496 e. The van der Waals surface area contributed by atoms with E-state index in [1.54, 1.807) is 0 Å². The standard InChI is InChI=1S/C15H23ClN2/c1-10-8-18(9-11(10)2)15(12(3)17)13-4-6-14(16)7-5-13/h4-7,10-12,15H,8-9,17H2,1-3H3. The summed E-state index contributed by atoms with van der Waals surface area (Å²) in [5.74, 6) is 1.50. The Hall–Kier alpha value is -0.570. The molecule has 1 aromatic carbocycles. The van der Waals surface area contributed by atoms with Crippen LogP contribution < -0.4 is 5.73 Å². The molecule has 2 nitrogen and oxygen atoms in total. The molecule has 4 atom stereocenters. The lowest BCUT2D eigenvalue weighted by Gasteiger charge is -2.31. The number of hydrogen-bond donors (Lipinski definition) is 1. The maximum atomic E-state index is 6.20. The van der Waals surface area contributed by atoms with Crippen LogP contribution in [-0.4, -0.2) is 24.0 Å². The predicted molar refractivity (Wildman–Crippen MR) is 77.7 cm³/mol. The van der Waals surface area contributed by atoms with Crippen LogP contribution in [0.15, 0.2) is 24.3 Å². The van der Waals surface area contributed by atoms with Gasteiger partial charge in [0.2, 0.25) is 0 Å². The van der Waals surface area contributed by atoms with Gasteiger partial charge in [-0.1, -0.05) is 37.6 Å². The van der Waals surface area contributed by atoms with Gasteiger partial charge in [0.25, 0.3) is 0 Å². The van der Waals surface area contributed by atoms with Crippen molar-refractivity contribution < 1.29 is 0 Å². The van der Waals surface area contributed by atoms with Crippen molar-refractivity contribution in [2.24, 2.45) is 17.6 Å². The summed E-state index contributed by atoms with van der Waals surface area (Å²) >= 11 is 5.96. The number of nitrogens with zero attached hydrogens (tertiary/aromatic N) is 1. The SMILES string of the molecule is CC(N)C(c1ccc(Cl)cc1)N1CC(C)C(C)C1. The van der Waals surface area contributed by atoms with E-state index in [2.05, 4.69) is 37.8 Å². The number of nitrogens with two attached hydrogens (primary N) is 1. The molecule has 1 fully saturated rings. The molecule has 1 aliphatic heterocycles. The molecule has 3 heteroatoms. The van der Waals surface area contributed by atoms with Gasteiger partial charge in [0.15, 0.2) is 0 Å². The van der Waals surface area contributed by atoms with Gasteiger partial charge in [-0.05, 0) is 36.5 Å². The van der Waals surface area contributed by atoms with Crippen LogP contribution in [0.3, 0.4) is 0 Å². The van der Waals surface area contributed by atoms with Gasteiger partial charge in [0, 0.05) is 30.2 Å². The van der Waals surface area contributed by atoms with Crippen LogP contribution in [0.4, 0.5) is 0 Å². The third kappa shape index (κ3) is 2.87. The second-order valence-corrected chi connectivity index (χ2v) is 6.20. The monoisotopic (exact) mass is 266 g/mol. The fraction of sp³-hybridized carbons (Fsp3) is 0.600. The van der Waals surface area contributed by atoms with Crippen LogP contribution in [0.5, 0.6) is 0 Å². The molecule has 1 heterocycles. The van der Waals surface area contributed by atoms with Gasteiger partial charge in [0.1, 0.15) is 0 Å². The van der Waals surface area contributed by atoms with Crippen molar-refractivity contribution in [3.63, 3.8) is 0 Å². The van der Waals surface area contributed by atoms with Gasteiger partial charge in [-0.25, -0.2) is 0 Å². The highest BCUT2D eigenvalue weighted by Gasteiger charge is 2.33. The lowest BCUT2D eigenvalue weighted by atomic mass is 9.99. The Morgan fingerprint density at radius 2 is 1.67 bits per heavy atom. The summed E-state index contributed by atoms with van der Waals surface area (Å²) in [6.45, 7) is 9.01. The summed E-state index contributed by atoms with van der Waals surface area (Å²) in [7, 11) is 0. The van der Waals surface area contributed by atoms with E-state index in [4.69, 9.17) is 17.3 Å². The minimum Gasteiger partial charge on any atom is -0.326 e. The third-order valence-corrected chi connectivity index (χ3v) is 4.37. The Kier molecular flexibility index (Phi) is 4.31. The van der Waals surface area contributed by atoms with Gasteiger partial charge < -0.3 is 5.73 Å². The van der Waals surface area contributed by atoms with Crippen molar-refractivity contribution >= 4 is 11.6 Å². The smallest absolute Gasteiger partial charge is 0.0496 e. The third-order valence-electron chi connectivity index (χ3n) is 4.12. The molecule has 0 spiro atoms. The molecule has 1 aliphatic rings. The van der Waals surface area contributed by atoms with Crippen LogP contribution in [-0.2, 0) is 0 Å². The first-order valence-electron chi connectivity index (χ1n) is 6.74. The summed E-state index contributed by atoms with van der Waals surface area (Å²) in [6, 6.07) is 8.54. The Labute approximate surface area is 115 Å². The van der Waals surface area contributed by atoms with Crippen LogP contribution in [0.2, 0.25) is 5.02 Å². The zero-order valence-electron chi connectivity index (χ0n) is 11.4. The second-order valence-electron chi connectivity index (χ2n) is 5.76. The quantitative estimate of drug-likeness (QED) is 0.909. The molecule has 0 radical (unpaired) electrons. The molecule has 0 aromatic heterocycles. The van der Waals surface area contributed by atoms with Crippen molar-refractivity contribution in [1.82, 2.24) is 4.90 Å². The van der Waals surface area contributed by atoms with Crippen LogP contribution in [0, 0.1) is 11.8 Å². The summed E-state index contributed by atoms with van der Waals surface area (Å²) in [5.41, 5.74) is 7.48. The molecule has 0 amide bonds. The minimum absolute atomic E-state index is 0.128. The van der Waals surface area contributed by atoms with E-state index >= 15 is 0 Å². The van der Waals surface area contributed by atoms with Crippen molar-refractivity contribution in [2.75, 3.05) is 13.1 Å². The van der Waals surface area contributed by atoms with Crippen molar-refractivity contribution in [1.29, 1.82) is 0 Å². The summed E-state index contributed by atoms with van der Waals surface area (Å²) in [6.07, 6.45) is 0. The first-order valence-corrected chi connectivity index (χ1v) is 7.12. The molecule has 100 valence electrons. The van der Waals surface area contributed by atoms with E-state index in [9.17, 15) is 0 Å². The Bertz CT molecular complexity index is 378. The molecule has 2 N–H and O–H groups in total. The lowest BCUT2D eigenvalue weighted by molar-refractivity contribution is 0.209. The van der Waals surface area contributed by atoms with Gasteiger partial charge >= 0.3 is 0 Å². The van der Waals surface area contributed by atoms with E-state index in [1.165, 1.54) is 5.56 Å². The van der Waals surface area contributed by atoms with E-state index in [0.717, 1.165) is 29.9 Å². The zero-order chi connectivity index (χ0) is 13.3. The van der Waals surface area contributed by atoms with Gasteiger partial charge in [-0.15, -0.1) is 0 Å². The molecule has 2 rings (SSSR count). The van der Waals surface area contributed by atoms with Gasteiger partial charge in [-0.2, -0.15) is 0 Å². The average Bonchev–Trinajstić information content (AvgIpc) is 2.61. The highest BCUT2D eigenvalue weighted by atomic mass is 35.5. The maximum absolute atomic E-state index is 6.20. The van der Waals surface area contributed by atoms with E-state index < -0.39 is 0 Å². The number of benzene rings is 1. The average molecular weight is 267 g/mol. The first-order chi connectivity index (χ1) is 8.49. The van der Waals surface area contributed by atoms with Crippen molar-refractivity contribution in [3.8, 4) is 0 Å². The highest BCUT2D eigenvalue weighted by Crippen LogP contribution is 2.32. The van der Waals surface area contributed by atoms with E-state index in [0.29, 0.717) is 6.04 Å². The summed E-state index contributed by atoms with van der Waals surface area (Å²) in [4.78, 5) is 2.52. The first kappa shape index (κ1) is 13.9. The number of halogens is 1. The zero-order valence-corrected chi connectivity index (χ0v) is 12.2. The van der Waals surface area contributed by atoms with Gasteiger partial charge in [0.05, 0.1) is 0 Å². The molecule has 0 bridgehead atoms. The molecule has 18 heavy (non-hydrogen) atoms. The van der Waals surface area contributed by atoms with Crippen LogP contribution in [0.25, 0.3) is 0 Å². The molecule has 0 saturated carbocycles. The molecular weight excluding hydrogens is 244 g/mol. The van der Waals surface area contributed by atoms with Gasteiger partial charge in [-0.3, -0.25) is 4.90 Å². The summed E-state index contributed by atoms with van der Waals surface area (Å²) in [5, 5.41) is 0.783. The molecule has 1 aromatic rings. The summed E-state index contributed by atoms with van der Waals surface area (Å²) < 4.78 is 0. The van der Waals surface area contributed by atoms with E-state index in [-0.39, 0.29) is 6.04 Å². The predicted octanol–water partition coefficient (Wildman–Crippen LogP) is 3.32. The normalized spacial score (nSPS) is 28.3. The Morgan fingerprint density at radius 3 is 2.11 bits per heavy atom. The lowest BCUT2D eigenvalue weighted by Crippen LogP contribution is -2.38. The molecule has 1 saturated heterocycles. The number of likely N-dealkylation sites (tertiary alicyclic amines) is 1. The van der Waals surface area contributed by atoms with Crippen LogP contribution >= 0.6 is 11.6 Å². The highest BCUT2D eigenvalue weighted by molar-refractivity contribution is 6.30. The Balaban J connectivity index is 2.21. The van der Waals surface area contributed by atoms with Crippen molar-refractivity contribution in [3.05, 3.63) is 34.9 Å². The molecule has 4 unspecified atom stereocenters. The minimum atomic E-state index is 0.128. The second kappa shape index (κ2) is 5.60. The fourth-order valence-electron chi connectivity index (χ4n) is 2.91. The molecular formula is C15H23ClN2. The van der Waals surface area contributed by atoms with Crippen LogP contribution in [0.1, 0.15) is 32.4 Å². The molecule has 0 aliphatic carbocycles. The number of hydrogen-bond acceptors (Lipinski definition) is 2. The topological polar surface area (TPSA) is 29.3 Å². The Morgan fingerprint density at radius 1 is 1.17 bits per heavy atom.